The fourth-order valence-corrected chi connectivity index (χ4v) is 4.81. The van der Waals surface area contributed by atoms with Crippen molar-refractivity contribution >= 4 is 29.2 Å². The van der Waals surface area contributed by atoms with Gasteiger partial charge in [-0.1, -0.05) is 27.7 Å². The lowest BCUT2D eigenvalue weighted by Gasteiger charge is -2.30. The first-order valence-corrected chi connectivity index (χ1v) is 8.37. The molecule has 1 aromatic heterocycles. The maximum atomic E-state index is 5.93. The molecule has 3 atom stereocenters. The molecule has 0 aromatic carbocycles. The summed E-state index contributed by atoms with van der Waals surface area (Å²) in [5.41, 5.74) is 7.63. The minimum absolute atomic E-state index is 0.351. The molecule has 1 aliphatic rings. The molecular formula is C13H21N3S2. The summed E-state index contributed by atoms with van der Waals surface area (Å²) in [4.78, 5) is 9.12. The summed E-state index contributed by atoms with van der Waals surface area (Å²) in [5.74, 6) is 2.39. The molecule has 3 nitrogen and oxygen atoms in total. The number of nitrogens with zero attached hydrogens (tertiary/aromatic N) is 2. The van der Waals surface area contributed by atoms with Gasteiger partial charge in [-0.05, 0) is 5.92 Å². The first-order valence-electron chi connectivity index (χ1n) is 6.38. The van der Waals surface area contributed by atoms with Crippen molar-refractivity contribution in [2.75, 3.05) is 11.5 Å². The molecule has 0 bridgehead atoms. The van der Waals surface area contributed by atoms with E-state index in [1.165, 1.54) is 0 Å². The maximum Gasteiger partial charge on any atom is 0.142 e. The molecule has 2 N–H and O–H groups in total. The number of nitrogen functional groups attached to an aromatic ring is 1. The van der Waals surface area contributed by atoms with Crippen molar-refractivity contribution in [2.45, 2.75) is 49.4 Å². The Balaban J connectivity index is 2.21. The summed E-state index contributed by atoms with van der Waals surface area (Å²) in [6.45, 7) is 8.82. The topological polar surface area (TPSA) is 51.8 Å². The van der Waals surface area contributed by atoms with Crippen molar-refractivity contribution in [1.82, 2.24) is 9.97 Å². The van der Waals surface area contributed by atoms with Crippen molar-refractivity contribution < 1.29 is 0 Å². The molecule has 0 aliphatic carbocycles. The van der Waals surface area contributed by atoms with Crippen LogP contribution in [-0.2, 0) is 0 Å². The Kier molecular flexibility index (Phi) is 4.43. The third kappa shape index (κ3) is 2.94. The highest BCUT2D eigenvalue weighted by molar-refractivity contribution is 8.07. The highest BCUT2D eigenvalue weighted by atomic mass is 32.2. The molecule has 0 saturated carbocycles. The van der Waals surface area contributed by atoms with Crippen LogP contribution >= 0.6 is 23.5 Å². The van der Waals surface area contributed by atoms with E-state index in [-0.39, 0.29) is 0 Å². The van der Waals surface area contributed by atoms with E-state index >= 15 is 0 Å². The number of hydrogen-bond acceptors (Lipinski definition) is 5. The van der Waals surface area contributed by atoms with Crippen LogP contribution in [0.4, 0.5) is 5.69 Å². The van der Waals surface area contributed by atoms with Gasteiger partial charge in [-0.15, -0.1) is 11.8 Å². The SMILES string of the molecule is CC(C)c1nc(C2CSC(C)C(C)S2)ncc1N. The molecule has 18 heavy (non-hydrogen) atoms. The van der Waals surface area contributed by atoms with Gasteiger partial charge in [-0.3, -0.25) is 0 Å². The van der Waals surface area contributed by atoms with Crippen molar-refractivity contribution in [3.63, 3.8) is 0 Å². The zero-order valence-electron chi connectivity index (χ0n) is 11.4. The van der Waals surface area contributed by atoms with Gasteiger partial charge in [-0.25, -0.2) is 9.97 Å². The predicted molar refractivity (Wildman–Crippen MR) is 82.2 cm³/mol. The molecule has 2 heterocycles. The first kappa shape index (κ1) is 14.0. The van der Waals surface area contributed by atoms with Crippen LogP contribution in [0.3, 0.4) is 0 Å². The van der Waals surface area contributed by atoms with Gasteiger partial charge in [0, 0.05) is 16.3 Å². The van der Waals surface area contributed by atoms with Gasteiger partial charge in [0.1, 0.15) is 5.82 Å². The van der Waals surface area contributed by atoms with Crippen LogP contribution in [0.5, 0.6) is 0 Å². The monoisotopic (exact) mass is 283 g/mol. The van der Waals surface area contributed by atoms with Gasteiger partial charge in [0.05, 0.1) is 22.8 Å². The molecule has 1 fully saturated rings. The number of hydrogen-bond donors (Lipinski definition) is 1. The smallest absolute Gasteiger partial charge is 0.142 e. The van der Waals surface area contributed by atoms with Crippen molar-refractivity contribution in [2.24, 2.45) is 0 Å². The van der Waals surface area contributed by atoms with Crippen LogP contribution < -0.4 is 5.73 Å². The van der Waals surface area contributed by atoms with Gasteiger partial charge in [-0.2, -0.15) is 11.8 Å². The Morgan fingerprint density at radius 1 is 1.33 bits per heavy atom. The number of anilines is 1. The predicted octanol–water partition coefficient (Wildman–Crippen LogP) is 3.48. The largest absolute Gasteiger partial charge is 0.396 e. The van der Waals surface area contributed by atoms with Gasteiger partial charge < -0.3 is 5.73 Å². The average molecular weight is 283 g/mol. The van der Waals surface area contributed by atoms with E-state index in [0.29, 0.717) is 27.4 Å². The molecule has 1 aromatic rings. The Labute approximate surface area is 118 Å². The highest BCUT2D eigenvalue weighted by Gasteiger charge is 2.28. The molecule has 5 heteroatoms. The van der Waals surface area contributed by atoms with Crippen LogP contribution in [0, 0.1) is 0 Å². The van der Waals surface area contributed by atoms with Gasteiger partial charge in [0.25, 0.3) is 0 Å². The van der Waals surface area contributed by atoms with E-state index in [1.54, 1.807) is 6.20 Å². The lowest BCUT2D eigenvalue weighted by Crippen LogP contribution is -2.23. The first-order chi connectivity index (χ1) is 8.49. The van der Waals surface area contributed by atoms with E-state index in [4.69, 9.17) is 5.73 Å². The Hall–Kier alpha value is -0.420. The van der Waals surface area contributed by atoms with E-state index in [2.05, 4.69) is 37.7 Å². The van der Waals surface area contributed by atoms with Crippen LogP contribution in [0.2, 0.25) is 0 Å². The molecule has 1 saturated heterocycles. The minimum atomic E-state index is 0.351. The summed E-state index contributed by atoms with van der Waals surface area (Å²) >= 11 is 4.00. The minimum Gasteiger partial charge on any atom is -0.396 e. The van der Waals surface area contributed by atoms with Crippen molar-refractivity contribution in [3.8, 4) is 0 Å². The molecule has 3 unspecified atom stereocenters. The summed E-state index contributed by atoms with van der Waals surface area (Å²) in [5, 5.41) is 1.77. The van der Waals surface area contributed by atoms with Crippen LogP contribution in [-0.4, -0.2) is 26.2 Å². The fraction of sp³-hybridized carbons (Fsp3) is 0.692. The third-order valence-corrected chi connectivity index (χ3v) is 6.64. The Morgan fingerprint density at radius 3 is 2.67 bits per heavy atom. The molecule has 0 spiro atoms. The van der Waals surface area contributed by atoms with Gasteiger partial charge in [0.15, 0.2) is 0 Å². The number of rotatable bonds is 2. The quantitative estimate of drug-likeness (QED) is 0.900. The summed E-state index contributed by atoms with van der Waals surface area (Å²) in [6.07, 6.45) is 1.77. The number of nitrogens with two attached hydrogens (primary N) is 1. The lowest BCUT2D eigenvalue weighted by molar-refractivity contribution is 0.782. The third-order valence-electron chi connectivity index (χ3n) is 3.25. The van der Waals surface area contributed by atoms with Crippen molar-refractivity contribution in [3.05, 3.63) is 17.7 Å². The lowest BCUT2D eigenvalue weighted by atomic mass is 10.1. The standard InChI is InChI=1S/C13H21N3S2/c1-7(2)12-10(14)5-15-13(16-12)11-6-17-8(3)9(4)18-11/h5,7-9,11H,6,14H2,1-4H3. The summed E-state index contributed by atoms with van der Waals surface area (Å²) in [7, 11) is 0. The fourth-order valence-electron chi connectivity index (χ4n) is 1.96. The maximum absolute atomic E-state index is 5.93. The van der Waals surface area contributed by atoms with E-state index < -0.39 is 0 Å². The van der Waals surface area contributed by atoms with Gasteiger partial charge >= 0.3 is 0 Å². The van der Waals surface area contributed by atoms with E-state index in [0.717, 1.165) is 17.3 Å². The second-order valence-corrected chi connectivity index (χ2v) is 8.09. The second-order valence-electron chi connectivity index (χ2n) is 5.09. The highest BCUT2D eigenvalue weighted by Crippen LogP contribution is 2.43. The van der Waals surface area contributed by atoms with Crippen molar-refractivity contribution in [1.29, 1.82) is 0 Å². The number of aromatic nitrogens is 2. The molecule has 0 radical (unpaired) electrons. The second kappa shape index (κ2) is 5.70. The summed E-state index contributed by atoms with van der Waals surface area (Å²) < 4.78 is 0. The molecule has 2 rings (SSSR count). The number of thioether (sulfide) groups is 2. The van der Waals surface area contributed by atoms with Gasteiger partial charge in [0.2, 0.25) is 0 Å². The molecule has 1 aliphatic heterocycles. The van der Waals surface area contributed by atoms with Crippen LogP contribution in [0.1, 0.15) is 50.4 Å². The van der Waals surface area contributed by atoms with Crippen LogP contribution in [0.25, 0.3) is 0 Å². The van der Waals surface area contributed by atoms with Crippen LogP contribution in [0.15, 0.2) is 6.20 Å². The Morgan fingerprint density at radius 2 is 2.06 bits per heavy atom. The molecule has 0 amide bonds. The summed E-state index contributed by atoms with van der Waals surface area (Å²) in [6, 6.07) is 0. The molecule has 100 valence electrons. The average Bonchev–Trinajstić information content (AvgIpc) is 2.33. The zero-order valence-corrected chi connectivity index (χ0v) is 13.0. The van der Waals surface area contributed by atoms with E-state index in [9.17, 15) is 0 Å². The Bertz CT molecular complexity index is 423. The van der Waals surface area contributed by atoms with E-state index in [1.807, 2.05) is 23.5 Å². The normalized spacial score (nSPS) is 28.6. The molecular weight excluding hydrogens is 262 g/mol. The zero-order chi connectivity index (χ0) is 13.3.